The standard InChI is InChI=1S/C13H17FN2/c1-3-16(8-4-7-15)10-12-9-13(14)6-5-11(12)2/h5-6,9H,3-4,8,10H2,1-2H3. The van der Waals surface area contributed by atoms with Crippen LogP contribution in [-0.2, 0) is 6.54 Å². The Kier molecular flexibility index (Phi) is 4.94. The zero-order valence-electron chi connectivity index (χ0n) is 9.83. The molecule has 0 heterocycles. The maximum absolute atomic E-state index is 13.1. The highest BCUT2D eigenvalue weighted by atomic mass is 19.1. The van der Waals surface area contributed by atoms with Crippen LogP contribution in [0, 0.1) is 24.1 Å². The van der Waals surface area contributed by atoms with Crippen LogP contribution in [0.1, 0.15) is 24.5 Å². The summed E-state index contributed by atoms with van der Waals surface area (Å²) in [6, 6.07) is 6.97. The summed E-state index contributed by atoms with van der Waals surface area (Å²) in [6.45, 7) is 6.35. The maximum Gasteiger partial charge on any atom is 0.123 e. The minimum Gasteiger partial charge on any atom is -0.298 e. The van der Waals surface area contributed by atoms with Crippen molar-refractivity contribution in [1.82, 2.24) is 4.90 Å². The van der Waals surface area contributed by atoms with Crippen LogP contribution in [-0.4, -0.2) is 18.0 Å². The monoisotopic (exact) mass is 220 g/mol. The lowest BCUT2D eigenvalue weighted by molar-refractivity contribution is 0.286. The molecule has 0 aliphatic rings. The molecule has 0 aliphatic heterocycles. The van der Waals surface area contributed by atoms with Gasteiger partial charge in [-0.25, -0.2) is 4.39 Å². The van der Waals surface area contributed by atoms with E-state index in [9.17, 15) is 4.39 Å². The van der Waals surface area contributed by atoms with Crippen molar-refractivity contribution < 1.29 is 4.39 Å². The van der Waals surface area contributed by atoms with Crippen LogP contribution in [0.2, 0.25) is 0 Å². The van der Waals surface area contributed by atoms with Crippen LogP contribution in [0.15, 0.2) is 18.2 Å². The number of benzene rings is 1. The molecule has 86 valence electrons. The SMILES string of the molecule is CCN(CCC#N)Cc1cc(F)ccc1C. The lowest BCUT2D eigenvalue weighted by Gasteiger charge is -2.20. The molecule has 2 nitrogen and oxygen atoms in total. The van der Waals surface area contributed by atoms with Crippen LogP contribution >= 0.6 is 0 Å². The first-order chi connectivity index (χ1) is 7.67. The van der Waals surface area contributed by atoms with Crippen molar-refractivity contribution in [3.05, 3.63) is 35.1 Å². The molecule has 0 radical (unpaired) electrons. The highest BCUT2D eigenvalue weighted by molar-refractivity contribution is 5.26. The first kappa shape index (κ1) is 12.7. The first-order valence-electron chi connectivity index (χ1n) is 5.51. The number of hydrogen-bond donors (Lipinski definition) is 0. The zero-order chi connectivity index (χ0) is 12.0. The summed E-state index contributed by atoms with van der Waals surface area (Å²) in [5.41, 5.74) is 2.09. The van der Waals surface area contributed by atoms with E-state index in [2.05, 4.69) is 11.0 Å². The Bertz CT molecular complexity index is 382. The second-order valence-electron chi connectivity index (χ2n) is 3.85. The van der Waals surface area contributed by atoms with Gasteiger partial charge in [0.15, 0.2) is 0 Å². The second-order valence-corrected chi connectivity index (χ2v) is 3.85. The Morgan fingerprint density at radius 3 is 2.81 bits per heavy atom. The van der Waals surface area contributed by atoms with Gasteiger partial charge in [-0.15, -0.1) is 0 Å². The fourth-order valence-corrected chi connectivity index (χ4v) is 1.61. The number of nitriles is 1. The third-order valence-electron chi connectivity index (χ3n) is 2.69. The van der Waals surface area contributed by atoms with E-state index in [1.807, 2.05) is 13.8 Å². The van der Waals surface area contributed by atoms with Gasteiger partial charge in [0.25, 0.3) is 0 Å². The first-order valence-corrected chi connectivity index (χ1v) is 5.51. The Morgan fingerprint density at radius 2 is 2.19 bits per heavy atom. The van der Waals surface area contributed by atoms with E-state index >= 15 is 0 Å². The van der Waals surface area contributed by atoms with Crippen LogP contribution in [0.3, 0.4) is 0 Å². The van der Waals surface area contributed by atoms with E-state index in [1.165, 1.54) is 6.07 Å². The molecule has 0 fully saturated rings. The van der Waals surface area contributed by atoms with Gasteiger partial charge in [-0.1, -0.05) is 13.0 Å². The molecule has 0 N–H and O–H groups in total. The van der Waals surface area contributed by atoms with Gasteiger partial charge in [0.05, 0.1) is 6.07 Å². The smallest absolute Gasteiger partial charge is 0.123 e. The number of aryl methyl sites for hydroxylation is 1. The predicted molar refractivity (Wildman–Crippen MR) is 62.3 cm³/mol. The molecule has 0 unspecified atom stereocenters. The zero-order valence-corrected chi connectivity index (χ0v) is 9.83. The molecule has 16 heavy (non-hydrogen) atoms. The molecule has 0 saturated carbocycles. The molecule has 0 amide bonds. The van der Waals surface area contributed by atoms with E-state index in [0.29, 0.717) is 13.0 Å². The molecule has 1 aromatic carbocycles. The molecule has 0 saturated heterocycles. The van der Waals surface area contributed by atoms with Crippen LogP contribution in [0.5, 0.6) is 0 Å². The number of rotatable bonds is 5. The largest absolute Gasteiger partial charge is 0.298 e. The van der Waals surface area contributed by atoms with Gasteiger partial charge >= 0.3 is 0 Å². The van der Waals surface area contributed by atoms with Gasteiger partial charge < -0.3 is 0 Å². The van der Waals surface area contributed by atoms with Crippen molar-refractivity contribution in [2.24, 2.45) is 0 Å². The third kappa shape index (κ3) is 3.63. The van der Waals surface area contributed by atoms with Crippen molar-refractivity contribution >= 4 is 0 Å². The molecule has 0 atom stereocenters. The topological polar surface area (TPSA) is 27.0 Å². The van der Waals surface area contributed by atoms with Crippen molar-refractivity contribution in [1.29, 1.82) is 5.26 Å². The fourth-order valence-electron chi connectivity index (χ4n) is 1.61. The Morgan fingerprint density at radius 1 is 1.44 bits per heavy atom. The molecule has 0 aromatic heterocycles. The van der Waals surface area contributed by atoms with E-state index in [4.69, 9.17) is 5.26 Å². The normalized spacial score (nSPS) is 10.4. The Hall–Kier alpha value is -1.40. The lowest BCUT2D eigenvalue weighted by Crippen LogP contribution is -2.24. The molecule has 1 rings (SSSR count). The highest BCUT2D eigenvalue weighted by Crippen LogP contribution is 2.13. The highest BCUT2D eigenvalue weighted by Gasteiger charge is 2.06. The molecule has 0 spiro atoms. The quantitative estimate of drug-likeness (QED) is 0.763. The summed E-state index contributed by atoms with van der Waals surface area (Å²) in [6.07, 6.45) is 0.516. The summed E-state index contributed by atoms with van der Waals surface area (Å²) in [7, 11) is 0. The Balaban J connectivity index is 2.70. The van der Waals surface area contributed by atoms with Crippen LogP contribution < -0.4 is 0 Å². The lowest BCUT2D eigenvalue weighted by atomic mass is 10.1. The predicted octanol–water partition coefficient (Wildman–Crippen LogP) is 2.87. The van der Waals surface area contributed by atoms with E-state index in [-0.39, 0.29) is 5.82 Å². The third-order valence-corrected chi connectivity index (χ3v) is 2.69. The van der Waals surface area contributed by atoms with Crippen molar-refractivity contribution in [3.63, 3.8) is 0 Å². The molecular formula is C13H17FN2. The molecular weight excluding hydrogens is 203 g/mol. The number of hydrogen-bond acceptors (Lipinski definition) is 2. The van der Waals surface area contributed by atoms with Crippen molar-refractivity contribution in [3.8, 4) is 6.07 Å². The fraction of sp³-hybridized carbons (Fsp3) is 0.462. The minimum absolute atomic E-state index is 0.197. The number of nitrogens with zero attached hydrogens (tertiary/aromatic N) is 2. The second kappa shape index (κ2) is 6.24. The Labute approximate surface area is 96.3 Å². The summed E-state index contributed by atoms with van der Waals surface area (Å²) >= 11 is 0. The van der Waals surface area contributed by atoms with Crippen LogP contribution in [0.4, 0.5) is 4.39 Å². The van der Waals surface area contributed by atoms with Gasteiger partial charge in [0.2, 0.25) is 0 Å². The van der Waals surface area contributed by atoms with Gasteiger partial charge in [0, 0.05) is 19.5 Å². The molecule has 0 aliphatic carbocycles. The number of halogens is 1. The van der Waals surface area contributed by atoms with Crippen LogP contribution in [0.25, 0.3) is 0 Å². The van der Waals surface area contributed by atoms with Gasteiger partial charge in [-0.3, -0.25) is 4.90 Å². The summed E-state index contributed by atoms with van der Waals surface area (Å²) in [5, 5.41) is 8.54. The van der Waals surface area contributed by atoms with E-state index < -0.39 is 0 Å². The average molecular weight is 220 g/mol. The van der Waals surface area contributed by atoms with E-state index in [0.717, 1.165) is 24.2 Å². The summed E-state index contributed by atoms with van der Waals surface area (Å²) in [5.74, 6) is -0.197. The maximum atomic E-state index is 13.1. The average Bonchev–Trinajstić information content (AvgIpc) is 2.28. The van der Waals surface area contributed by atoms with E-state index in [1.54, 1.807) is 12.1 Å². The molecule has 1 aromatic rings. The molecule has 0 bridgehead atoms. The summed E-state index contributed by atoms with van der Waals surface area (Å²) < 4.78 is 13.1. The minimum atomic E-state index is -0.197. The van der Waals surface area contributed by atoms with Crippen molar-refractivity contribution in [2.75, 3.05) is 13.1 Å². The van der Waals surface area contributed by atoms with Gasteiger partial charge in [0.1, 0.15) is 5.82 Å². The molecule has 3 heteroatoms. The summed E-state index contributed by atoms with van der Waals surface area (Å²) in [4.78, 5) is 2.14. The van der Waals surface area contributed by atoms with Gasteiger partial charge in [-0.2, -0.15) is 5.26 Å². The van der Waals surface area contributed by atoms with Crippen molar-refractivity contribution in [2.45, 2.75) is 26.8 Å². The van der Waals surface area contributed by atoms with Gasteiger partial charge in [-0.05, 0) is 36.7 Å².